The Morgan fingerprint density at radius 3 is 2.22 bits per heavy atom. The van der Waals surface area contributed by atoms with Gasteiger partial charge in [0.2, 0.25) is 15.9 Å². The lowest BCUT2D eigenvalue weighted by Crippen LogP contribution is -2.46. The van der Waals surface area contributed by atoms with Gasteiger partial charge < -0.3 is 14.4 Å². The van der Waals surface area contributed by atoms with Gasteiger partial charge in [-0.3, -0.25) is 4.79 Å². The van der Waals surface area contributed by atoms with Crippen LogP contribution in [-0.4, -0.2) is 52.6 Å². The molecule has 0 aliphatic rings. The maximum atomic E-state index is 12.4. The predicted octanol–water partition coefficient (Wildman–Crippen LogP) is 1.24. The molecule has 1 atom stereocenters. The summed E-state index contributed by atoms with van der Waals surface area (Å²) in [5, 5.41) is 0. The largest absolute Gasteiger partial charge is 0.493 e. The van der Waals surface area contributed by atoms with Crippen LogP contribution in [0.15, 0.2) is 23.1 Å². The highest BCUT2D eigenvalue weighted by Gasteiger charge is 2.25. The summed E-state index contributed by atoms with van der Waals surface area (Å²) in [4.78, 5) is 13.8. The van der Waals surface area contributed by atoms with E-state index in [0.29, 0.717) is 24.6 Å². The van der Waals surface area contributed by atoms with Crippen LogP contribution >= 0.6 is 0 Å². The monoisotopic (exact) mass is 344 g/mol. The fourth-order valence-corrected chi connectivity index (χ4v) is 3.36. The van der Waals surface area contributed by atoms with Crippen molar-refractivity contribution < 1.29 is 22.7 Å². The molecule has 8 heteroatoms. The first-order chi connectivity index (χ1) is 10.8. The number of carbonyl (C=O) groups excluding carboxylic acids is 1. The number of carbonyl (C=O) groups is 1. The minimum Gasteiger partial charge on any atom is -0.493 e. The van der Waals surface area contributed by atoms with E-state index in [2.05, 4.69) is 4.72 Å². The molecule has 130 valence electrons. The van der Waals surface area contributed by atoms with E-state index >= 15 is 0 Å². The lowest BCUT2D eigenvalue weighted by molar-refractivity contribution is -0.132. The van der Waals surface area contributed by atoms with Crippen LogP contribution in [0.5, 0.6) is 11.5 Å². The van der Waals surface area contributed by atoms with Gasteiger partial charge in [0.25, 0.3) is 0 Å². The van der Waals surface area contributed by atoms with E-state index in [1.54, 1.807) is 4.90 Å². The van der Waals surface area contributed by atoms with Crippen molar-refractivity contribution >= 4 is 15.9 Å². The summed E-state index contributed by atoms with van der Waals surface area (Å²) in [6.45, 7) is 6.27. The highest BCUT2D eigenvalue weighted by molar-refractivity contribution is 7.89. The number of likely N-dealkylation sites (N-methyl/N-ethyl adjacent to an activating group) is 1. The summed E-state index contributed by atoms with van der Waals surface area (Å²) in [5.74, 6) is 0.468. The Morgan fingerprint density at radius 2 is 1.74 bits per heavy atom. The third kappa shape index (κ3) is 4.59. The van der Waals surface area contributed by atoms with Crippen LogP contribution in [0.4, 0.5) is 0 Å². The van der Waals surface area contributed by atoms with Gasteiger partial charge in [-0.15, -0.1) is 0 Å². The van der Waals surface area contributed by atoms with E-state index < -0.39 is 16.1 Å². The topological polar surface area (TPSA) is 84.9 Å². The Hall–Kier alpha value is -1.80. The van der Waals surface area contributed by atoms with Crippen molar-refractivity contribution in [3.05, 3.63) is 18.2 Å². The van der Waals surface area contributed by atoms with Gasteiger partial charge in [0.05, 0.1) is 25.2 Å². The molecular weight excluding hydrogens is 320 g/mol. The van der Waals surface area contributed by atoms with Gasteiger partial charge in [-0.05, 0) is 32.9 Å². The first-order valence-corrected chi connectivity index (χ1v) is 8.82. The molecule has 1 amide bonds. The van der Waals surface area contributed by atoms with Crippen molar-refractivity contribution in [2.45, 2.75) is 31.7 Å². The first-order valence-electron chi connectivity index (χ1n) is 7.33. The fourth-order valence-electron chi connectivity index (χ4n) is 2.14. The highest BCUT2D eigenvalue weighted by Crippen LogP contribution is 2.29. The Labute approximate surface area is 137 Å². The molecule has 1 aromatic carbocycles. The zero-order chi connectivity index (χ0) is 17.6. The van der Waals surface area contributed by atoms with Crippen molar-refractivity contribution in [3.63, 3.8) is 0 Å². The lowest BCUT2D eigenvalue weighted by Gasteiger charge is -2.23. The quantitative estimate of drug-likeness (QED) is 0.767. The molecule has 1 rings (SSSR count). The first kappa shape index (κ1) is 19.2. The van der Waals surface area contributed by atoms with Crippen LogP contribution in [0.2, 0.25) is 0 Å². The van der Waals surface area contributed by atoms with Crippen molar-refractivity contribution in [2.75, 3.05) is 27.3 Å². The second-order valence-electron chi connectivity index (χ2n) is 4.87. The van der Waals surface area contributed by atoms with Gasteiger partial charge in [0.15, 0.2) is 11.5 Å². The van der Waals surface area contributed by atoms with Crippen molar-refractivity contribution in [1.29, 1.82) is 0 Å². The molecule has 0 fully saturated rings. The van der Waals surface area contributed by atoms with E-state index in [9.17, 15) is 13.2 Å². The molecule has 0 saturated carbocycles. The third-order valence-electron chi connectivity index (χ3n) is 3.44. The molecule has 1 N–H and O–H groups in total. The maximum absolute atomic E-state index is 12.4. The molecule has 0 aliphatic heterocycles. The van der Waals surface area contributed by atoms with E-state index in [0.717, 1.165) is 0 Å². The third-order valence-corrected chi connectivity index (χ3v) is 4.98. The summed E-state index contributed by atoms with van der Waals surface area (Å²) in [5.41, 5.74) is 0. The number of benzene rings is 1. The maximum Gasteiger partial charge on any atom is 0.241 e. The summed E-state index contributed by atoms with van der Waals surface area (Å²) in [6, 6.07) is 3.41. The number of ether oxygens (including phenoxy) is 2. The van der Waals surface area contributed by atoms with Gasteiger partial charge >= 0.3 is 0 Å². The van der Waals surface area contributed by atoms with E-state index in [-0.39, 0.29) is 10.8 Å². The van der Waals surface area contributed by atoms with Crippen molar-refractivity contribution in [1.82, 2.24) is 9.62 Å². The second-order valence-corrected chi connectivity index (χ2v) is 6.58. The van der Waals surface area contributed by atoms with Gasteiger partial charge in [-0.25, -0.2) is 8.42 Å². The van der Waals surface area contributed by atoms with Crippen molar-refractivity contribution in [3.8, 4) is 11.5 Å². The van der Waals surface area contributed by atoms with Crippen LogP contribution in [0.3, 0.4) is 0 Å². The van der Waals surface area contributed by atoms with E-state index in [1.807, 2.05) is 13.8 Å². The highest BCUT2D eigenvalue weighted by atomic mass is 32.2. The average molecular weight is 344 g/mol. The molecule has 0 saturated heterocycles. The average Bonchev–Trinajstić information content (AvgIpc) is 2.54. The van der Waals surface area contributed by atoms with Gasteiger partial charge in [-0.1, -0.05) is 0 Å². The van der Waals surface area contributed by atoms with Crippen LogP contribution in [0.25, 0.3) is 0 Å². The van der Waals surface area contributed by atoms with Crippen LogP contribution < -0.4 is 14.2 Å². The summed E-state index contributed by atoms with van der Waals surface area (Å²) < 4.78 is 37.5. The molecular formula is C15H24N2O5S. The zero-order valence-electron chi connectivity index (χ0n) is 14.1. The van der Waals surface area contributed by atoms with Crippen molar-refractivity contribution in [2.24, 2.45) is 0 Å². The summed E-state index contributed by atoms with van der Waals surface area (Å²) in [6.07, 6.45) is 0. The summed E-state index contributed by atoms with van der Waals surface area (Å²) >= 11 is 0. The number of hydrogen-bond acceptors (Lipinski definition) is 5. The normalized spacial score (nSPS) is 12.6. The molecule has 7 nitrogen and oxygen atoms in total. The van der Waals surface area contributed by atoms with Crippen LogP contribution in [-0.2, 0) is 14.8 Å². The molecule has 1 aromatic rings. The minimum atomic E-state index is -3.85. The van der Waals surface area contributed by atoms with Crippen LogP contribution in [0.1, 0.15) is 20.8 Å². The number of nitrogens with zero attached hydrogens (tertiary/aromatic N) is 1. The molecule has 0 heterocycles. The molecule has 0 aliphatic carbocycles. The van der Waals surface area contributed by atoms with Gasteiger partial charge in [-0.2, -0.15) is 4.72 Å². The zero-order valence-corrected chi connectivity index (χ0v) is 14.9. The Bertz CT molecular complexity index is 641. The Morgan fingerprint density at radius 1 is 1.17 bits per heavy atom. The second kappa shape index (κ2) is 8.16. The van der Waals surface area contributed by atoms with Gasteiger partial charge in [0, 0.05) is 19.2 Å². The van der Waals surface area contributed by atoms with Crippen LogP contribution in [0, 0.1) is 0 Å². The molecule has 0 spiro atoms. The van der Waals surface area contributed by atoms with Gasteiger partial charge in [0.1, 0.15) is 0 Å². The molecule has 0 radical (unpaired) electrons. The molecule has 0 unspecified atom stereocenters. The van der Waals surface area contributed by atoms with E-state index in [4.69, 9.17) is 9.47 Å². The Balaban J connectivity index is 3.01. The number of methoxy groups -OCH3 is 2. The number of amides is 1. The molecule has 0 aromatic heterocycles. The SMILES string of the molecule is CCN(CC)C(=O)[C@@H](C)NS(=O)(=O)c1ccc(OC)c(OC)c1. The summed E-state index contributed by atoms with van der Waals surface area (Å²) in [7, 11) is -0.953. The standard InChI is InChI=1S/C15H24N2O5S/c1-6-17(7-2)15(18)11(3)16-23(19,20)12-8-9-13(21-4)14(10-12)22-5/h8-11,16H,6-7H2,1-5H3/t11-/m1/s1. The number of rotatable bonds is 8. The lowest BCUT2D eigenvalue weighted by atomic mass is 10.3. The number of nitrogens with one attached hydrogen (secondary N) is 1. The number of sulfonamides is 1. The smallest absolute Gasteiger partial charge is 0.241 e. The molecule has 23 heavy (non-hydrogen) atoms. The molecule has 0 bridgehead atoms. The fraction of sp³-hybridized carbons (Fsp3) is 0.533. The van der Waals surface area contributed by atoms with E-state index in [1.165, 1.54) is 39.3 Å². The Kier molecular flexibility index (Phi) is 6.83. The predicted molar refractivity (Wildman–Crippen MR) is 87.3 cm³/mol. The minimum absolute atomic E-state index is 0.00865. The number of hydrogen-bond donors (Lipinski definition) is 1.